The maximum atomic E-state index is 10.5. The SMILES string of the molecule is CCCCCCCCC(CC)OC=O.CCCCCCCCC(CCCCCCCC)OC=O.CCCCCCCCN(CCCCCCCC)CCCNc1cncnc1NC. The van der Waals surface area contributed by atoms with Gasteiger partial charge in [-0.05, 0) is 83.8 Å². The van der Waals surface area contributed by atoms with Crippen LogP contribution in [0.4, 0.5) is 11.5 Å². The zero-order valence-corrected chi connectivity index (χ0v) is 43.0. The summed E-state index contributed by atoms with van der Waals surface area (Å²) in [6.45, 7) is 19.2. The Labute approximate surface area is 392 Å². The lowest BCUT2D eigenvalue weighted by atomic mass is 10.0. The zero-order valence-electron chi connectivity index (χ0n) is 43.0. The van der Waals surface area contributed by atoms with E-state index in [9.17, 15) is 9.59 Å². The molecule has 0 bridgehead atoms. The third-order valence-corrected chi connectivity index (χ3v) is 12.2. The first-order chi connectivity index (χ1) is 31.0. The van der Waals surface area contributed by atoms with E-state index in [1.165, 1.54) is 212 Å². The van der Waals surface area contributed by atoms with Gasteiger partial charge in [-0.25, -0.2) is 9.97 Å². The van der Waals surface area contributed by atoms with E-state index < -0.39 is 0 Å². The van der Waals surface area contributed by atoms with Crippen LogP contribution < -0.4 is 10.6 Å². The number of unbranched alkanes of at least 4 members (excludes halogenated alkanes) is 25. The molecular weight excluding hydrogens is 783 g/mol. The number of hydrogen-bond acceptors (Lipinski definition) is 9. The summed E-state index contributed by atoms with van der Waals surface area (Å²) >= 11 is 0. The highest BCUT2D eigenvalue weighted by molar-refractivity contribution is 5.62. The van der Waals surface area contributed by atoms with E-state index in [1.807, 2.05) is 13.2 Å². The van der Waals surface area contributed by atoms with Gasteiger partial charge in [-0.1, -0.05) is 202 Å². The summed E-state index contributed by atoms with van der Waals surface area (Å²) < 4.78 is 10.2. The van der Waals surface area contributed by atoms with Crippen molar-refractivity contribution < 1.29 is 19.1 Å². The van der Waals surface area contributed by atoms with Crippen LogP contribution >= 0.6 is 0 Å². The minimum absolute atomic E-state index is 0.152. The van der Waals surface area contributed by atoms with Gasteiger partial charge >= 0.3 is 0 Å². The fraction of sp³-hybridized carbons (Fsp3) is 0.889. The molecule has 63 heavy (non-hydrogen) atoms. The fourth-order valence-corrected chi connectivity index (χ4v) is 8.01. The second kappa shape index (κ2) is 53.9. The Balaban J connectivity index is 0. The summed E-state index contributed by atoms with van der Waals surface area (Å²) in [5.41, 5.74) is 0.994. The summed E-state index contributed by atoms with van der Waals surface area (Å²) in [4.78, 5) is 31.7. The van der Waals surface area contributed by atoms with Crippen LogP contribution in [0.2, 0.25) is 0 Å². The van der Waals surface area contributed by atoms with Gasteiger partial charge in [0.15, 0.2) is 5.82 Å². The van der Waals surface area contributed by atoms with Gasteiger partial charge in [0.2, 0.25) is 0 Å². The van der Waals surface area contributed by atoms with Crippen LogP contribution in [0.5, 0.6) is 0 Å². The topological polar surface area (TPSA) is 106 Å². The third kappa shape index (κ3) is 45.9. The molecule has 1 atom stereocenters. The minimum atomic E-state index is 0.152. The molecule has 0 aromatic carbocycles. The molecule has 0 aliphatic carbocycles. The first kappa shape index (κ1) is 62.7. The standard InChI is InChI=1S/C24H47N5.C18H36O2.C12H24O2/c1-4-6-8-10-12-14-18-29(19-15-13-11-9-7-5-2)20-16-17-27-23-21-26-22-28-24(23)25-3;1-3-5-7-9-11-13-15-18(20-17-19)16-14-12-10-8-6-4-2;1-3-5-6-7-8-9-10-12(4-2)14-11-13/h21-22,27H,4-20H2,1-3H3,(H,25,26,28);17-18H,3-16H2,1-2H3;11-12H,3-10H2,1-2H3. The highest BCUT2D eigenvalue weighted by Crippen LogP contribution is 2.18. The summed E-state index contributed by atoms with van der Waals surface area (Å²) in [7, 11) is 1.90. The van der Waals surface area contributed by atoms with Gasteiger partial charge in [-0.15, -0.1) is 0 Å². The summed E-state index contributed by atoms with van der Waals surface area (Å²) in [5, 5.41) is 6.61. The lowest BCUT2D eigenvalue weighted by molar-refractivity contribution is -0.135. The summed E-state index contributed by atoms with van der Waals surface area (Å²) in [5.74, 6) is 0.871. The first-order valence-electron chi connectivity index (χ1n) is 27.1. The van der Waals surface area contributed by atoms with Crippen molar-refractivity contribution in [3.8, 4) is 0 Å². The van der Waals surface area contributed by atoms with Crippen LogP contribution in [0.25, 0.3) is 0 Å². The lowest BCUT2D eigenvalue weighted by Crippen LogP contribution is -2.28. The smallest absolute Gasteiger partial charge is 0.293 e. The van der Waals surface area contributed by atoms with Gasteiger partial charge in [0.25, 0.3) is 12.9 Å². The molecular formula is C54H107N5O4. The molecule has 1 rings (SSSR count). The summed E-state index contributed by atoms with van der Waals surface area (Å²) in [6, 6.07) is 0. The zero-order chi connectivity index (χ0) is 46.5. The van der Waals surface area contributed by atoms with Crippen molar-refractivity contribution in [3.63, 3.8) is 0 Å². The number of carbonyl (C=O) groups is 2. The van der Waals surface area contributed by atoms with E-state index >= 15 is 0 Å². The second-order valence-electron chi connectivity index (χ2n) is 18.0. The van der Waals surface area contributed by atoms with Crippen molar-refractivity contribution in [2.45, 2.75) is 278 Å². The Morgan fingerprint density at radius 2 is 0.873 bits per heavy atom. The molecule has 0 amide bonds. The van der Waals surface area contributed by atoms with E-state index in [0.29, 0.717) is 12.9 Å². The van der Waals surface area contributed by atoms with Gasteiger partial charge in [0.05, 0.1) is 11.9 Å². The molecule has 1 heterocycles. The van der Waals surface area contributed by atoms with Crippen LogP contribution in [-0.2, 0) is 19.1 Å². The maximum absolute atomic E-state index is 10.5. The molecule has 372 valence electrons. The first-order valence-corrected chi connectivity index (χ1v) is 27.1. The number of carbonyl (C=O) groups excluding carboxylic acids is 2. The number of rotatable bonds is 46. The monoisotopic (exact) mass is 890 g/mol. The third-order valence-electron chi connectivity index (χ3n) is 12.2. The number of anilines is 2. The predicted octanol–water partition coefficient (Wildman–Crippen LogP) is 16.1. The molecule has 2 N–H and O–H groups in total. The molecule has 9 nitrogen and oxygen atoms in total. The highest BCUT2D eigenvalue weighted by Gasteiger charge is 2.10. The van der Waals surface area contributed by atoms with Gasteiger partial charge in [0.1, 0.15) is 18.5 Å². The molecule has 0 aliphatic rings. The Morgan fingerprint density at radius 3 is 1.27 bits per heavy atom. The molecule has 1 aromatic heterocycles. The second-order valence-corrected chi connectivity index (χ2v) is 18.0. The highest BCUT2D eigenvalue weighted by atomic mass is 16.5. The quantitative estimate of drug-likeness (QED) is 0.0489. The van der Waals surface area contributed by atoms with Gasteiger partial charge in [-0.3, -0.25) is 9.59 Å². The number of aromatic nitrogens is 2. The number of nitrogens with one attached hydrogen (secondary N) is 2. The molecule has 0 saturated carbocycles. The van der Waals surface area contributed by atoms with Crippen LogP contribution in [0.15, 0.2) is 12.5 Å². The Hall–Kier alpha value is -2.42. The molecule has 9 heteroatoms. The molecule has 0 spiro atoms. The van der Waals surface area contributed by atoms with Gasteiger partial charge in [0, 0.05) is 13.6 Å². The molecule has 1 aromatic rings. The van der Waals surface area contributed by atoms with Gasteiger partial charge < -0.3 is 25.0 Å². The molecule has 0 aliphatic heterocycles. The fourth-order valence-electron chi connectivity index (χ4n) is 8.01. The average molecular weight is 890 g/mol. The lowest BCUT2D eigenvalue weighted by Gasteiger charge is -2.22. The molecule has 0 saturated heterocycles. The number of ether oxygens (including phenoxy) is 2. The molecule has 1 unspecified atom stereocenters. The predicted molar refractivity (Wildman–Crippen MR) is 274 cm³/mol. The van der Waals surface area contributed by atoms with Crippen molar-refractivity contribution in [1.82, 2.24) is 14.9 Å². The van der Waals surface area contributed by atoms with Crippen LogP contribution in [0.3, 0.4) is 0 Å². The van der Waals surface area contributed by atoms with E-state index in [0.717, 1.165) is 50.2 Å². The number of hydrogen-bond donors (Lipinski definition) is 2. The van der Waals surface area contributed by atoms with Crippen molar-refractivity contribution in [2.24, 2.45) is 0 Å². The Morgan fingerprint density at radius 1 is 0.508 bits per heavy atom. The normalized spacial score (nSPS) is 11.4. The van der Waals surface area contributed by atoms with Crippen molar-refractivity contribution in [2.75, 3.05) is 43.9 Å². The van der Waals surface area contributed by atoms with E-state index in [-0.39, 0.29) is 12.2 Å². The Kier molecular flexibility index (Phi) is 53.6. The van der Waals surface area contributed by atoms with Crippen LogP contribution in [0.1, 0.15) is 266 Å². The molecule has 0 radical (unpaired) electrons. The van der Waals surface area contributed by atoms with Crippen molar-refractivity contribution in [3.05, 3.63) is 12.5 Å². The number of nitrogens with zero attached hydrogens (tertiary/aromatic N) is 3. The minimum Gasteiger partial charge on any atom is -0.465 e. The average Bonchev–Trinajstić information content (AvgIpc) is 3.30. The Bertz CT molecular complexity index is 1000. The summed E-state index contributed by atoms with van der Waals surface area (Å²) in [6.07, 6.45) is 49.0. The largest absolute Gasteiger partial charge is 0.465 e. The van der Waals surface area contributed by atoms with E-state index in [1.54, 1.807) is 6.33 Å². The van der Waals surface area contributed by atoms with Crippen LogP contribution in [0, 0.1) is 0 Å². The van der Waals surface area contributed by atoms with Crippen molar-refractivity contribution >= 4 is 24.4 Å². The van der Waals surface area contributed by atoms with E-state index in [4.69, 9.17) is 9.47 Å². The van der Waals surface area contributed by atoms with E-state index in [2.05, 4.69) is 67.0 Å². The van der Waals surface area contributed by atoms with Gasteiger partial charge in [-0.2, -0.15) is 0 Å². The molecule has 0 fully saturated rings. The maximum Gasteiger partial charge on any atom is 0.293 e. The van der Waals surface area contributed by atoms with Crippen LogP contribution in [-0.4, -0.2) is 73.2 Å². The van der Waals surface area contributed by atoms with Crippen molar-refractivity contribution in [1.29, 1.82) is 0 Å².